The molecule has 5 aromatic carbocycles. The maximum Gasteiger partial charge on any atom is -0.109 e. The standard InChI is InChI=1S/C33H33.C5H5.C5H10.2ClH.Zr/c1-32(2,3)30-20-26-24(18-28(30)22-13-9-7-10-14-22)17-25-19-29(23-15-11-8-12-16-23)31(21-27(25)26)33(4,5)6;1-2-4-5-3-1;1-3-5-4-2;;;/h7-21H,1-6H3;1-3H,4H2;1H,3-5H2,2H3;2*1H;/q2*-1;;;;+2/p-2. The zero-order chi connectivity index (χ0) is 31.7. The molecule has 0 bridgehead atoms. The van der Waals surface area contributed by atoms with E-state index in [0.29, 0.717) is 0 Å². The van der Waals surface area contributed by atoms with Crippen LogP contribution in [-0.2, 0) is 35.1 Å². The van der Waals surface area contributed by atoms with E-state index in [1.54, 1.807) is 24.2 Å². The summed E-state index contributed by atoms with van der Waals surface area (Å²) in [6.07, 6.45) is 14.0. The average Bonchev–Trinajstić information content (AvgIpc) is 3.71. The molecule has 0 unspecified atom stereocenters. The van der Waals surface area contributed by atoms with Crippen LogP contribution in [0, 0.1) is 6.08 Å². The van der Waals surface area contributed by atoms with Crippen molar-refractivity contribution in [2.75, 3.05) is 0 Å². The fraction of sp³-hybridized carbons (Fsp3) is 0.302. The van der Waals surface area contributed by atoms with Gasteiger partial charge in [0, 0.05) is 0 Å². The summed E-state index contributed by atoms with van der Waals surface area (Å²) < 4.78 is 2.30. The summed E-state index contributed by atoms with van der Waals surface area (Å²) in [5.41, 5.74) is 8.16. The topological polar surface area (TPSA) is 0 Å². The first-order valence-electron chi connectivity index (χ1n) is 16.1. The Morgan fingerprint density at radius 2 is 1.17 bits per heavy atom. The SMILES string of the molecule is CC(C)(C)c1cc2c(cc1-c1ccccc1)[cH-]c1cc(-c3ccccc3)c(C(C)(C)C)cc12.CCCC[CH]=[Zr+2].[C-]1=CC=CC1.[Cl-].[Cl-]. The molecule has 240 valence electrons. The van der Waals surface area contributed by atoms with E-state index in [-0.39, 0.29) is 35.6 Å². The fourth-order valence-electron chi connectivity index (χ4n) is 5.71. The smallest absolute Gasteiger partial charge is 0.109 e. The van der Waals surface area contributed by atoms with E-state index in [1.807, 2.05) is 12.2 Å². The van der Waals surface area contributed by atoms with Gasteiger partial charge in [0.15, 0.2) is 0 Å². The van der Waals surface area contributed by atoms with Crippen molar-refractivity contribution >= 4 is 25.3 Å². The van der Waals surface area contributed by atoms with Gasteiger partial charge in [0.1, 0.15) is 0 Å². The summed E-state index contributed by atoms with van der Waals surface area (Å²) in [4.78, 5) is 0. The number of unbranched alkanes of at least 4 members (excludes halogenated alkanes) is 2. The van der Waals surface area contributed by atoms with E-state index in [9.17, 15) is 0 Å². The Balaban J connectivity index is 0.000000485. The molecule has 0 atom stereocenters. The Kier molecular flexibility index (Phi) is 15.7. The van der Waals surface area contributed by atoms with Crippen LogP contribution in [-0.4, -0.2) is 3.71 Å². The molecule has 3 heteroatoms. The molecule has 0 fully saturated rings. The van der Waals surface area contributed by atoms with Crippen LogP contribution in [0.1, 0.15) is 85.3 Å². The molecule has 0 saturated carbocycles. The minimum Gasteiger partial charge on any atom is -1.00 e. The van der Waals surface area contributed by atoms with Gasteiger partial charge in [0.05, 0.1) is 0 Å². The van der Waals surface area contributed by atoms with Crippen LogP contribution in [0.4, 0.5) is 0 Å². The van der Waals surface area contributed by atoms with Gasteiger partial charge in [-0.25, -0.2) is 12.2 Å². The van der Waals surface area contributed by atoms with Crippen molar-refractivity contribution in [1.29, 1.82) is 0 Å². The van der Waals surface area contributed by atoms with Crippen molar-refractivity contribution in [1.82, 2.24) is 0 Å². The predicted octanol–water partition coefficient (Wildman–Crippen LogP) is 6.48. The molecule has 0 radical (unpaired) electrons. The number of hydrogen-bond donors (Lipinski definition) is 0. The second-order valence-corrected chi connectivity index (χ2v) is 14.7. The van der Waals surface area contributed by atoms with Crippen LogP contribution in [0.25, 0.3) is 43.8 Å². The zero-order valence-corrected chi connectivity index (χ0v) is 32.5. The number of halogens is 2. The minimum absolute atomic E-state index is 0. The van der Waals surface area contributed by atoms with Gasteiger partial charge in [0.2, 0.25) is 0 Å². The predicted molar refractivity (Wildman–Crippen MR) is 192 cm³/mol. The quantitative estimate of drug-likeness (QED) is 0.144. The van der Waals surface area contributed by atoms with Gasteiger partial charge in [0.25, 0.3) is 0 Å². The first-order chi connectivity index (χ1) is 21.0. The van der Waals surface area contributed by atoms with Crippen LogP contribution < -0.4 is 24.8 Å². The molecular formula is C43H48Cl2Zr-2. The van der Waals surface area contributed by atoms with Gasteiger partial charge in [-0.2, -0.15) is 6.08 Å². The van der Waals surface area contributed by atoms with Crippen LogP contribution in [0.5, 0.6) is 0 Å². The van der Waals surface area contributed by atoms with E-state index in [4.69, 9.17) is 0 Å². The molecule has 0 heterocycles. The maximum absolute atomic E-state index is 2.99. The van der Waals surface area contributed by atoms with Gasteiger partial charge in [-0.15, -0.1) is 46.2 Å². The fourth-order valence-corrected chi connectivity index (χ4v) is 6.21. The maximum atomic E-state index is 2.99. The minimum atomic E-state index is 0. The van der Waals surface area contributed by atoms with Crippen molar-refractivity contribution in [2.24, 2.45) is 0 Å². The third-order valence-electron chi connectivity index (χ3n) is 8.05. The monoisotopic (exact) mass is 724 g/mol. The van der Waals surface area contributed by atoms with Gasteiger partial charge in [-0.1, -0.05) is 114 Å². The largest absolute Gasteiger partial charge is 1.00 e. The third kappa shape index (κ3) is 10.3. The first-order valence-corrected chi connectivity index (χ1v) is 17.5. The molecule has 0 N–H and O–H groups in total. The van der Waals surface area contributed by atoms with Gasteiger partial charge >= 0.3 is 54.1 Å². The van der Waals surface area contributed by atoms with Crippen molar-refractivity contribution in [3.8, 4) is 22.3 Å². The zero-order valence-electron chi connectivity index (χ0n) is 28.6. The molecule has 0 spiro atoms. The molecule has 46 heavy (non-hydrogen) atoms. The van der Waals surface area contributed by atoms with Crippen molar-refractivity contribution in [3.05, 3.63) is 126 Å². The molecule has 5 aromatic rings. The molecule has 1 aliphatic rings. The summed E-state index contributed by atoms with van der Waals surface area (Å²) in [7, 11) is 0. The summed E-state index contributed by atoms with van der Waals surface area (Å²) in [6, 6.07) is 33.7. The van der Waals surface area contributed by atoms with Gasteiger partial charge in [-0.05, 0) is 44.2 Å². The van der Waals surface area contributed by atoms with Crippen LogP contribution in [0.3, 0.4) is 0 Å². The number of allylic oxidation sites excluding steroid dienone is 4. The molecule has 0 aliphatic heterocycles. The Morgan fingerprint density at radius 3 is 1.46 bits per heavy atom. The third-order valence-corrected chi connectivity index (χ3v) is 8.76. The second kappa shape index (κ2) is 18.2. The Hall–Kier alpha value is -2.44. The molecule has 0 aromatic heterocycles. The molecular weight excluding hydrogens is 679 g/mol. The summed E-state index contributed by atoms with van der Waals surface area (Å²) >= 11 is 1.57. The normalized spacial score (nSPS) is 12.0. The Bertz CT molecular complexity index is 1610. The summed E-state index contributed by atoms with van der Waals surface area (Å²) in [6.45, 7) is 16.1. The van der Waals surface area contributed by atoms with Crippen LogP contribution in [0.15, 0.2) is 109 Å². The van der Waals surface area contributed by atoms with Gasteiger partial charge in [-0.3, -0.25) is 6.08 Å². The van der Waals surface area contributed by atoms with Gasteiger partial charge < -0.3 is 24.8 Å². The average molecular weight is 727 g/mol. The van der Waals surface area contributed by atoms with E-state index < -0.39 is 0 Å². The molecule has 6 rings (SSSR count). The molecule has 1 aliphatic carbocycles. The van der Waals surface area contributed by atoms with E-state index >= 15 is 0 Å². The summed E-state index contributed by atoms with van der Waals surface area (Å²) in [5.74, 6) is 0. The van der Waals surface area contributed by atoms with E-state index in [0.717, 1.165) is 6.42 Å². The number of fused-ring (bicyclic) bond motifs is 3. The summed E-state index contributed by atoms with van der Waals surface area (Å²) in [5, 5.41) is 5.36. The van der Waals surface area contributed by atoms with E-state index in [1.165, 1.54) is 74.2 Å². The van der Waals surface area contributed by atoms with Crippen molar-refractivity contribution in [3.63, 3.8) is 0 Å². The second-order valence-electron chi connectivity index (χ2n) is 13.7. The molecule has 0 nitrogen and oxygen atoms in total. The number of rotatable bonds is 5. The molecule has 0 saturated heterocycles. The number of hydrogen-bond acceptors (Lipinski definition) is 0. The molecule has 0 amide bonds. The van der Waals surface area contributed by atoms with Crippen molar-refractivity contribution in [2.45, 2.75) is 85.0 Å². The van der Waals surface area contributed by atoms with Crippen molar-refractivity contribution < 1.29 is 49.0 Å². The first kappa shape index (κ1) is 39.7. The van der Waals surface area contributed by atoms with Crippen LogP contribution >= 0.6 is 0 Å². The van der Waals surface area contributed by atoms with E-state index in [2.05, 4.69) is 155 Å². The van der Waals surface area contributed by atoms with Crippen LogP contribution in [0.2, 0.25) is 0 Å². The Labute approximate surface area is 305 Å². The Morgan fingerprint density at radius 1 is 0.717 bits per heavy atom. The number of benzene rings is 4.